The van der Waals surface area contributed by atoms with E-state index in [9.17, 15) is 24.3 Å². The number of rotatable bonds is 6. The van der Waals surface area contributed by atoms with Crippen molar-refractivity contribution in [2.45, 2.75) is 111 Å². The summed E-state index contributed by atoms with van der Waals surface area (Å²) in [5.41, 5.74) is 9.97. The van der Waals surface area contributed by atoms with Gasteiger partial charge in [-0.2, -0.15) is 0 Å². The van der Waals surface area contributed by atoms with Crippen molar-refractivity contribution < 1.29 is 33.8 Å². The van der Waals surface area contributed by atoms with E-state index in [2.05, 4.69) is 54.3 Å². The van der Waals surface area contributed by atoms with Crippen LogP contribution in [0.15, 0.2) is 54.7 Å². The number of benzene rings is 2. The van der Waals surface area contributed by atoms with Gasteiger partial charge >= 0.3 is 5.97 Å². The van der Waals surface area contributed by atoms with E-state index < -0.39 is 23.4 Å². The van der Waals surface area contributed by atoms with Crippen LogP contribution in [0.2, 0.25) is 0 Å². The number of phenols is 1. The normalized spacial score (nSPS) is 23.0. The molecule has 13 nitrogen and oxygen atoms in total. The van der Waals surface area contributed by atoms with Gasteiger partial charge in [0.25, 0.3) is 5.91 Å². The number of carbonyl (C=O) groups is 4. The van der Waals surface area contributed by atoms with Gasteiger partial charge in [-0.05, 0) is 104 Å². The maximum absolute atomic E-state index is 14.5. The van der Waals surface area contributed by atoms with E-state index >= 15 is 0 Å². The van der Waals surface area contributed by atoms with Gasteiger partial charge in [0.05, 0.1) is 30.5 Å². The number of aromatic nitrogens is 2. The number of hydrogen-bond acceptors (Lipinski definition) is 9. The lowest BCUT2D eigenvalue weighted by molar-refractivity contribution is -0.150. The van der Waals surface area contributed by atoms with Gasteiger partial charge in [0.1, 0.15) is 17.8 Å². The van der Waals surface area contributed by atoms with Crippen molar-refractivity contribution in [1.82, 2.24) is 30.2 Å². The number of carbonyl (C=O) groups excluding carboxylic acids is 4. The number of likely N-dealkylation sites (tertiary alicyclic amines) is 1. The van der Waals surface area contributed by atoms with E-state index in [1.165, 1.54) is 11.9 Å². The van der Waals surface area contributed by atoms with Gasteiger partial charge in [-0.1, -0.05) is 32.9 Å². The quantitative estimate of drug-likeness (QED) is 0.196. The molecule has 2 aromatic carbocycles. The Morgan fingerprint density at radius 3 is 2.63 bits per heavy atom. The second kappa shape index (κ2) is 17.1. The highest BCUT2D eigenvalue weighted by molar-refractivity contribution is 5.96. The Hall–Kier alpha value is -5.27. The SMILES string of the molecule is CCn1c(-c2cccnc2[C@H](C)OC)c2c3cc(ccc31)-c1cc(O)cc(c1)C[C@H](NC(=O)[C@@H]1[C@@H](C)CCN1C(C)=O)C(=O)N1CCC[C@@H](CC(=O)OCC(C)(C)C2)N1. The summed E-state index contributed by atoms with van der Waals surface area (Å²) in [6, 6.07) is 13.5. The summed E-state index contributed by atoms with van der Waals surface area (Å²) in [5.74, 6) is -1.37. The molecule has 3 aliphatic rings. The second-order valence-electron chi connectivity index (χ2n) is 17.4. The Kier molecular flexibility index (Phi) is 12.2. The minimum absolute atomic E-state index is 0.0294. The van der Waals surface area contributed by atoms with Crippen molar-refractivity contribution in [2.24, 2.45) is 11.3 Å². The van der Waals surface area contributed by atoms with Gasteiger partial charge in [0.2, 0.25) is 11.8 Å². The van der Waals surface area contributed by atoms with E-state index in [4.69, 9.17) is 14.5 Å². The zero-order chi connectivity index (χ0) is 42.2. The van der Waals surface area contributed by atoms with Crippen LogP contribution in [-0.4, -0.2) is 93.2 Å². The molecule has 7 rings (SSSR count). The number of esters is 1. The molecular weight excluding hydrogens is 749 g/mol. The van der Waals surface area contributed by atoms with E-state index in [1.807, 2.05) is 32.0 Å². The van der Waals surface area contributed by atoms with Gasteiger partial charge in [0.15, 0.2) is 0 Å². The van der Waals surface area contributed by atoms with Crippen LogP contribution in [-0.2, 0) is 48.0 Å². The number of aryl methyl sites for hydroxylation is 1. The number of amides is 3. The van der Waals surface area contributed by atoms with Crippen molar-refractivity contribution in [3.8, 4) is 28.1 Å². The molecule has 13 heteroatoms. The van der Waals surface area contributed by atoms with Crippen LogP contribution in [0.5, 0.6) is 5.75 Å². The van der Waals surface area contributed by atoms with E-state index in [0.29, 0.717) is 50.9 Å². The van der Waals surface area contributed by atoms with Crippen LogP contribution in [0.1, 0.15) is 90.2 Å². The molecule has 5 atom stereocenters. The Morgan fingerprint density at radius 1 is 1.08 bits per heavy atom. The molecule has 0 spiro atoms. The molecule has 2 saturated heterocycles. The zero-order valence-electron chi connectivity index (χ0n) is 35.3. The summed E-state index contributed by atoms with van der Waals surface area (Å²) in [7, 11) is 1.68. The van der Waals surface area contributed by atoms with E-state index in [0.717, 1.165) is 44.5 Å². The number of pyridine rings is 1. The number of hydrazine groups is 1. The highest BCUT2D eigenvalue weighted by Crippen LogP contribution is 2.42. The van der Waals surface area contributed by atoms with E-state index in [-0.39, 0.29) is 61.0 Å². The lowest BCUT2D eigenvalue weighted by Crippen LogP contribution is -2.60. The number of phenolic OH excluding ortho intramolecular Hbond substituents is 1. The molecule has 0 saturated carbocycles. The molecule has 2 aromatic heterocycles. The Labute approximate surface area is 346 Å². The first-order valence-corrected chi connectivity index (χ1v) is 20.9. The number of methoxy groups -OCH3 is 1. The maximum Gasteiger partial charge on any atom is 0.307 e. The van der Waals surface area contributed by atoms with Crippen molar-refractivity contribution in [2.75, 3.05) is 26.8 Å². The zero-order valence-corrected chi connectivity index (χ0v) is 35.3. The van der Waals surface area contributed by atoms with Gasteiger partial charge in [0, 0.05) is 74.2 Å². The molecule has 0 radical (unpaired) electrons. The van der Waals surface area contributed by atoms with Crippen LogP contribution in [0.4, 0.5) is 0 Å². The van der Waals surface area contributed by atoms with Crippen LogP contribution < -0.4 is 10.7 Å². The first-order valence-electron chi connectivity index (χ1n) is 20.9. The van der Waals surface area contributed by atoms with Gasteiger partial charge in [-0.15, -0.1) is 0 Å². The Morgan fingerprint density at radius 2 is 1.88 bits per heavy atom. The third kappa shape index (κ3) is 8.72. The van der Waals surface area contributed by atoms with Crippen molar-refractivity contribution in [3.63, 3.8) is 0 Å². The van der Waals surface area contributed by atoms with Crippen molar-refractivity contribution >= 4 is 34.6 Å². The Bertz CT molecular complexity index is 2250. The lowest BCUT2D eigenvalue weighted by Gasteiger charge is -2.36. The molecule has 3 aliphatic heterocycles. The molecular formula is C46H58N6O7. The fraction of sp³-hybridized carbons (Fsp3) is 0.500. The largest absolute Gasteiger partial charge is 0.508 e. The van der Waals surface area contributed by atoms with Crippen molar-refractivity contribution in [3.05, 3.63) is 71.5 Å². The smallest absolute Gasteiger partial charge is 0.307 e. The molecule has 3 N–H and O–H groups in total. The minimum atomic E-state index is -1.03. The first-order chi connectivity index (χ1) is 28.2. The third-order valence-corrected chi connectivity index (χ3v) is 12.3. The predicted molar refractivity (Wildman–Crippen MR) is 225 cm³/mol. The van der Waals surface area contributed by atoms with Crippen LogP contribution in [0.3, 0.4) is 0 Å². The van der Waals surface area contributed by atoms with Crippen LogP contribution in [0.25, 0.3) is 33.3 Å². The standard InChI is InChI=1S/C46H58N6O7/c1-8-50-39-14-13-31-23-36(39)37(43(50)35-12-9-16-47-41(35)28(3)58-7)25-46(5,6)26-59-40(55)24-33-11-10-17-52(49-33)45(57)38(21-30-19-32(31)22-34(54)20-30)48-44(56)42-27(2)15-18-51(42)29(4)53/h9,12-14,16,19-20,22-23,27-28,33,38,42,49,54H,8,10-11,15,17-18,21,24-26H2,1-7H3,(H,48,56)/t27-,28-,33-,38-,42-/m0/s1. The molecule has 0 unspecified atom stereocenters. The second-order valence-corrected chi connectivity index (χ2v) is 17.4. The summed E-state index contributed by atoms with van der Waals surface area (Å²) in [6.07, 6.45) is 4.24. The fourth-order valence-electron chi connectivity index (χ4n) is 9.24. The van der Waals surface area contributed by atoms with Crippen LogP contribution >= 0.6 is 0 Å². The Balaban J connectivity index is 1.37. The number of nitrogens with one attached hydrogen (secondary N) is 2. The average Bonchev–Trinajstić information content (AvgIpc) is 3.75. The number of hydrogen-bond donors (Lipinski definition) is 3. The highest BCUT2D eigenvalue weighted by atomic mass is 16.5. The number of nitrogens with zero attached hydrogens (tertiary/aromatic N) is 4. The van der Waals surface area contributed by atoms with Gasteiger partial charge in [-0.3, -0.25) is 29.2 Å². The third-order valence-electron chi connectivity index (χ3n) is 12.3. The number of fused-ring (bicyclic) bond motifs is 6. The van der Waals surface area contributed by atoms with Crippen molar-refractivity contribution in [1.29, 1.82) is 0 Å². The molecule has 4 aromatic rings. The molecule has 5 heterocycles. The monoisotopic (exact) mass is 806 g/mol. The number of ether oxygens (including phenoxy) is 2. The molecule has 59 heavy (non-hydrogen) atoms. The molecule has 6 bridgehead atoms. The fourth-order valence-corrected chi connectivity index (χ4v) is 9.24. The van der Waals surface area contributed by atoms with Crippen LogP contribution in [0, 0.1) is 11.3 Å². The molecule has 314 valence electrons. The maximum atomic E-state index is 14.5. The lowest BCUT2D eigenvalue weighted by atomic mass is 9.84. The van der Waals surface area contributed by atoms with E-state index in [1.54, 1.807) is 30.3 Å². The van der Waals surface area contributed by atoms with Gasteiger partial charge in [-0.25, -0.2) is 5.43 Å². The summed E-state index contributed by atoms with van der Waals surface area (Å²) in [6.45, 7) is 13.4. The minimum Gasteiger partial charge on any atom is -0.508 e. The predicted octanol–water partition coefficient (Wildman–Crippen LogP) is 6.10. The number of cyclic esters (lactones) is 1. The summed E-state index contributed by atoms with van der Waals surface area (Å²) < 4.78 is 14.1. The molecule has 3 amide bonds. The topological polar surface area (TPSA) is 155 Å². The number of aromatic hydroxyl groups is 1. The highest BCUT2D eigenvalue weighted by Gasteiger charge is 2.41. The molecule has 2 fully saturated rings. The average molecular weight is 807 g/mol. The summed E-state index contributed by atoms with van der Waals surface area (Å²) >= 11 is 0. The summed E-state index contributed by atoms with van der Waals surface area (Å²) in [4.78, 5) is 60.9. The summed E-state index contributed by atoms with van der Waals surface area (Å²) in [5, 5.41) is 16.8. The first kappa shape index (κ1) is 41.9. The molecule has 0 aliphatic carbocycles. The van der Waals surface area contributed by atoms with Gasteiger partial charge < -0.3 is 29.4 Å².